The van der Waals surface area contributed by atoms with Gasteiger partial charge >= 0.3 is 0 Å². The number of rotatable bonds is 0. The van der Waals surface area contributed by atoms with E-state index in [1.165, 1.54) is 21.7 Å². The highest BCUT2D eigenvalue weighted by Crippen LogP contribution is 2.42. The number of hydrogen-bond donors (Lipinski definition) is 1. The van der Waals surface area contributed by atoms with Gasteiger partial charge in [0.05, 0.1) is 12.7 Å². The third kappa shape index (κ3) is 1.95. The van der Waals surface area contributed by atoms with Crippen molar-refractivity contribution in [3.63, 3.8) is 0 Å². The molecule has 17 heavy (non-hydrogen) atoms. The molecule has 1 N–H and O–H groups in total. The lowest BCUT2D eigenvalue weighted by atomic mass is 9.83. The molecule has 0 saturated carbocycles. The first-order valence-corrected chi connectivity index (χ1v) is 7.18. The summed E-state index contributed by atoms with van der Waals surface area (Å²) >= 11 is 1.90. The van der Waals surface area contributed by atoms with Gasteiger partial charge in [-0.3, -0.25) is 0 Å². The van der Waals surface area contributed by atoms with Crippen LogP contribution >= 0.6 is 11.8 Å². The summed E-state index contributed by atoms with van der Waals surface area (Å²) in [6.07, 6.45) is 5.81. The highest BCUT2D eigenvalue weighted by molar-refractivity contribution is 8.03. The minimum atomic E-state index is 0.211. The second kappa shape index (κ2) is 3.92. The molecule has 0 spiro atoms. The van der Waals surface area contributed by atoms with Gasteiger partial charge in [0.2, 0.25) is 0 Å². The van der Waals surface area contributed by atoms with Crippen LogP contribution in [0.2, 0.25) is 0 Å². The molecule has 0 bridgehead atoms. The van der Waals surface area contributed by atoms with Crippen LogP contribution in [0.15, 0.2) is 34.0 Å². The summed E-state index contributed by atoms with van der Waals surface area (Å²) in [5, 5.41) is 3.47. The van der Waals surface area contributed by atoms with E-state index in [4.69, 9.17) is 4.74 Å². The number of fused-ring (bicyclic) bond motifs is 2. The van der Waals surface area contributed by atoms with E-state index < -0.39 is 0 Å². The third-order valence-electron chi connectivity index (χ3n) is 3.64. The maximum atomic E-state index is 6.04. The molecule has 0 aromatic carbocycles. The average molecular weight is 249 g/mol. The molecule has 1 unspecified atom stereocenters. The van der Waals surface area contributed by atoms with Gasteiger partial charge in [0.25, 0.3) is 0 Å². The van der Waals surface area contributed by atoms with E-state index in [9.17, 15) is 0 Å². The fourth-order valence-electron chi connectivity index (χ4n) is 2.52. The predicted molar refractivity (Wildman–Crippen MR) is 72.6 cm³/mol. The van der Waals surface area contributed by atoms with E-state index in [-0.39, 0.29) is 5.41 Å². The zero-order valence-corrected chi connectivity index (χ0v) is 11.5. The normalized spacial score (nSPS) is 28.1. The SMILES string of the molecule is CC(C)(C)C1CC2=C(CO1)C1=CCSC1=CN2. The largest absolute Gasteiger partial charge is 0.373 e. The van der Waals surface area contributed by atoms with Crippen molar-refractivity contribution >= 4 is 11.8 Å². The Balaban J connectivity index is 1.87. The lowest BCUT2D eigenvalue weighted by Crippen LogP contribution is -2.37. The molecule has 0 aliphatic carbocycles. The summed E-state index contributed by atoms with van der Waals surface area (Å²) in [5.74, 6) is 1.10. The highest BCUT2D eigenvalue weighted by atomic mass is 32.2. The first-order chi connectivity index (χ1) is 8.05. The van der Waals surface area contributed by atoms with Crippen LogP contribution in [0.3, 0.4) is 0 Å². The van der Waals surface area contributed by atoms with Crippen molar-refractivity contribution in [1.82, 2.24) is 5.32 Å². The molecule has 92 valence electrons. The molecule has 0 radical (unpaired) electrons. The van der Waals surface area contributed by atoms with E-state index in [1.54, 1.807) is 0 Å². The van der Waals surface area contributed by atoms with Crippen molar-refractivity contribution in [2.24, 2.45) is 5.41 Å². The first-order valence-electron chi connectivity index (χ1n) is 6.20. The van der Waals surface area contributed by atoms with E-state index >= 15 is 0 Å². The summed E-state index contributed by atoms with van der Waals surface area (Å²) in [5.41, 5.74) is 4.38. The molecule has 3 heterocycles. The van der Waals surface area contributed by atoms with Crippen LogP contribution < -0.4 is 5.32 Å². The minimum Gasteiger partial charge on any atom is -0.373 e. The molecule has 0 fully saturated rings. The molecule has 2 nitrogen and oxygen atoms in total. The Morgan fingerprint density at radius 3 is 3.00 bits per heavy atom. The Morgan fingerprint density at radius 2 is 2.24 bits per heavy atom. The van der Waals surface area contributed by atoms with Gasteiger partial charge in [0.15, 0.2) is 0 Å². The smallest absolute Gasteiger partial charge is 0.0744 e. The van der Waals surface area contributed by atoms with Crippen LogP contribution in [-0.2, 0) is 4.74 Å². The number of allylic oxidation sites excluding steroid dienone is 1. The first kappa shape index (κ1) is 11.4. The molecule has 0 saturated heterocycles. The molecule has 3 aliphatic rings. The Morgan fingerprint density at radius 1 is 1.41 bits per heavy atom. The van der Waals surface area contributed by atoms with Gasteiger partial charge in [-0.05, 0) is 11.0 Å². The van der Waals surface area contributed by atoms with E-state index in [0.29, 0.717) is 6.10 Å². The van der Waals surface area contributed by atoms with Gasteiger partial charge in [0, 0.05) is 34.5 Å². The van der Waals surface area contributed by atoms with Crippen LogP contribution in [0, 0.1) is 5.41 Å². The number of nitrogens with one attached hydrogen (secondary N) is 1. The zero-order valence-electron chi connectivity index (χ0n) is 10.7. The predicted octanol–water partition coefficient (Wildman–Crippen LogP) is 3.19. The summed E-state index contributed by atoms with van der Waals surface area (Å²) in [4.78, 5) is 1.38. The second-order valence-corrected chi connectivity index (χ2v) is 6.97. The number of hydrogen-bond acceptors (Lipinski definition) is 3. The van der Waals surface area contributed by atoms with Crippen molar-refractivity contribution in [3.05, 3.63) is 34.0 Å². The van der Waals surface area contributed by atoms with Crippen LogP contribution in [0.1, 0.15) is 27.2 Å². The van der Waals surface area contributed by atoms with Crippen LogP contribution in [0.4, 0.5) is 0 Å². The van der Waals surface area contributed by atoms with E-state index in [1.807, 2.05) is 11.8 Å². The van der Waals surface area contributed by atoms with Gasteiger partial charge in [-0.15, -0.1) is 11.8 Å². The lowest BCUT2D eigenvalue weighted by molar-refractivity contribution is -0.0154. The molecule has 3 rings (SSSR count). The molecule has 0 amide bonds. The quantitative estimate of drug-likeness (QED) is 0.712. The van der Waals surface area contributed by atoms with E-state index in [2.05, 4.69) is 38.4 Å². The Bertz CT molecular complexity index is 440. The maximum absolute atomic E-state index is 6.04. The van der Waals surface area contributed by atoms with Crippen molar-refractivity contribution in [1.29, 1.82) is 0 Å². The van der Waals surface area contributed by atoms with Gasteiger partial charge in [-0.25, -0.2) is 0 Å². The van der Waals surface area contributed by atoms with Gasteiger partial charge in [-0.2, -0.15) is 0 Å². The van der Waals surface area contributed by atoms with Crippen LogP contribution in [-0.4, -0.2) is 18.5 Å². The molecular weight excluding hydrogens is 230 g/mol. The lowest BCUT2D eigenvalue weighted by Gasteiger charge is -2.37. The van der Waals surface area contributed by atoms with Crippen LogP contribution in [0.5, 0.6) is 0 Å². The van der Waals surface area contributed by atoms with Crippen LogP contribution in [0.25, 0.3) is 0 Å². The standard InChI is InChI=1S/C14H19NOS/c1-14(2,3)13-6-11-10(8-16-13)9-4-5-17-12(9)7-15-11/h4,7,13,15H,5-6,8H2,1-3H3. The molecule has 1 atom stereocenters. The fraction of sp³-hybridized carbons (Fsp3) is 0.571. The van der Waals surface area contributed by atoms with Gasteiger partial charge in [0.1, 0.15) is 0 Å². The minimum absolute atomic E-state index is 0.211. The summed E-state index contributed by atoms with van der Waals surface area (Å²) in [6, 6.07) is 0. The zero-order chi connectivity index (χ0) is 12.0. The summed E-state index contributed by atoms with van der Waals surface area (Å²) in [6.45, 7) is 7.50. The third-order valence-corrected chi connectivity index (χ3v) is 4.63. The molecule has 0 aromatic heterocycles. The number of thioether (sulfide) groups is 1. The summed E-state index contributed by atoms with van der Waals surface area (Å²) in [7, 11) is 0. The molecule has 0 aromatic rings. The van der Waals surface area contributed by atoms with Crippen molar-refractivity contribution in [3.8, 4) is 0 Å². The molecular formula is C14H19NOS. The topological polar surface area (TPSA) is 21.3 Å². The molecule has 3 heteroatoms. The Labute approximate surface area is 107 Å². The van der Waals surface area contributed by atoms with Crippen molar-refractivity contribution in [2.75, 3.05) is 12.4 Å². The van der Waals surface area contributed by atoms with Gasteiger partial charge in [-0.1, -0.05) is 26.8 Å². The van der Waals surface area contributed by atoms with Crippen molar-refractivity contribution < 1.29 is 4.74 Å². The average Bonchev–Trinajstić information content (AvgIpc) is 2.75. The molecule has 3 aliphatic heterocycles. The Kier molecular flexibility index (Phi) is 2.64. The van der Waals surface area contributed by atoms with E-state index in [0.717, 1.165) is 18.8 Å². The van der Waals surface area contributed by atoms with Crippen molar-refractivity contribution in [2.45, 2.75) is 33.3 Å². The number of ether oxygens (including phenoxy) is 1. The number of dihydropyridines is 1. The maximum Gasteiger partial charge on any atom is 0.0744 e. The fourth-order valence-corrected chi connectivity index (χ4v) is 3.45. The summed E-state index contributed by atoms with van der Waals surface area (Å²) < 4.78 is 6.04. The Hall–Kier alpha value is -0.670. The monoisotopic (exact) mass is 249 g/mol. The van der Waals surface area contributed by atoms with Gasteiger partial charge < -0.3 is 10.1 Å². The second-order valence-electron chi connectivity index (χ2n) is 5.91. The highest BCUT2D eigenvalue weighted by Gasteiger charge is 2.34.